The van der Waals surface area contributed by atoms with Crippen LogP contribution in [-0.4, -0.2) is 47.7 Å². The summed E-state index contributed by atoms with van der Waals surface area (Å²) in [5, 5.41) is 10.1. The molecule has 0 radical (unpaired) electrons. The molecular weight excluding hydrogens is 306 g/mol. The molecule has 3 aliphatic rings. The number of carbonyl (C=O) groups is 1. The molecule has 0 spiro atoms. The summed E-state index contributed by atoms with van der Waals surface area (Å²) in [4.78, 5) is 12.4. The maximum Gasteiger partial charge on any atom is 0.216 e. The Morgan fingerprint density at radius 3 is 2.47 bits per heavy atom. The summed E-state index contributed by atoms with van der Waals surface area (Å²) in [5.74, 6) is 0.669. The third kappa shape index (κ3) is 2.62. The zero-order valence-corrected chi connectivity index (χ0v) is 12.5. The molecule has 1 N–H and O–H groups in total. The minimum Gasteiger partial charge on any atom is -0.387 e. The Balaban J connectivity index is 1.73. The summed E-state index contributed by atoms with van der Waals surface area (Å²) in [5.41, 5.74) is 0.776. The van der Waals surface area contributed by atoms with Crippen LogP contribution >= 0.6 is 15.9 Å². The van der Waals surface area contributed by atoms with Crippen molar-refractivity contribution in [3.8, 4) is 0 Å². The molecule has 3 saturated heterocycles. The summed E-state index contributed by atoms with van der Waals surface area (Å²) in [6.07, 6.45) is 1.92. The number of aliphatic hydroxyl groups is 1. The van der Waals surface area contributed by atoms with Gasteiger partial charge in [-0.2, -0.15) is 0 Å². The molecule has 3 aliphatic heterocycles. The van der Waals surface area contributed by atoms with Crippen molar-refractivity contribution >= 4 is 21.7 Å². The first-order chi connectivity index (χ1) is 9.08. The number of hydrogen-bond acceptors (Lipinski definition) is 2. The molecule has 102 valence electrons. The Labute approximate surface area is 121 Å². The topological polar surface area (TPSA) is 37.3 Å². The van der Waals surface area contributed by atoms with E-state index in [1.165, 1.54) is 0 Å². The van der Waals surface area contributed by atoms with Crippen LogP contribution in [0.3, 0.4) is 0 Å². The summed E-state index contributed by atoms with van der Waals surface area (Å²) >= 11 is 3.38. The van der Waals surface area contributed by atoms with Crippen LogP contribution in [0.2, 0.25) is 0 Å². The second-order valence-corrected chi connectivity index (χ2v) is 6.88. The van der Waals surface area contributed by atoms with Gasteiger partial charge in [-0.15, -0.1) is 0 Å². The molecule has 3 heterocycles. The number of rotatable bonds is 3. The predicted molar refractivity (Wildman–Crippen MR) is 76.9 cm³/mol. The van der Waals surface area contributed by atoms with Crippen LogP contribution in [0.4, 0.5) is 0 Å². The lowest BCUT2D eigenvalue weighted by Crippen LogP contribution is -2.65. The Morgan fingerprint density at radius 2 is 1.89 bits per heavy atom. The van der Waals surface area contributed by atoms with Crippen LogP contribution in [0.1, 0.15) is 23.2 Å². The number of quaternary nitrogens is 1. The Hall–Kier alpha value is -0.710. The van der Waals surface area contributed by atoms with Crippen LogP contribution in [-0.2, 0) is 0 Å². The van der Waals surface area contributed by atoms with Crippen molar-refractivity contribution in [3.05, 3.63) is 34.3 Å². The van der Waals surface area contributed by atoms with Gasteiger partial charge in [-0.25, -0.2) is 0 Å². The van der Waals surface area contributed by atoms with Gasteiger partial charge >= 0.3 is 0 Å². The number of ketones is 1. The minimum absolute atomic E-state index is 0.194. The van der Waals surface area contributed by atoms with Crippen molar-refractivity contribution in [2.75, 3.05) is 26.2 Å². The highest BCUT2D eigenvalue weighted by Crippen LogP contribution is 2.34. The van der Waals surface area contributed by atoms with Crippen molar-refractivity contribution in [1.82, 2.24) is 0 Å². The Bertz CT molecular complexity index is 477. The van der Waals surface area contributed by atoms with Crippen molar-refractivity contribution in [2.45, 2.75) is 18.9 Å². The average Bonchev–Trinajstić information content (AvgIpc) is 2.40. The predicted octanol–water partition coefficient (Wildman–Crippen LogP) is 2.23. The number of halogens is 1. The number of piperidine rings is 3. The van der Waals surface area contributed by atoms with Crippen LogP contribution < -0.4 is 0 Å². The van der Waals surface area contributed by atoms with Gasteiger partial charge in [-0.05, 0) is 12.1 Å². The SMILES string of the molecule is O=C(C[N+]12CCC(CC1)[C@H](O)C2)c1ccc(Br)cc1. The van der Waals surface area contributed by atoms with Gasteiger partial charge in [0.2, 0.25) is 5.78 Å². The number of Topliss-reactive ketones (excluding diaryl/α,β-unsaturated/α-hetero) is 1. The van der Waals surface area contributed by atoms with Gasteiger partial charge in [0, 0.05) is 28.8 Å². The average molecular weight is 325 g/mol. The van der Waals surface area contributed by atoms with E-state index in [4.69, 9.17) is 0 Å². The monoisotopic (exact) mass is 324 g/mol. The van der Waals surface area contributed by atoms with E-state index >= 15 is 0 Å². The zero-order valence-electron chi connectivity index (χ0n) is 10.9. The maximum atomic E-state index is 12.4. The van der Waals surface area contributed by atoms with Gasteiger partial charge in [0.15, 0.2) is 0 Å². The fourth-order valence-electron chi connectivity index (χ4n) is 3.50. The number of carbonyl (C=O) groups excluding carboxylic acids is 1. The van der Waals surface area contributed by atoms with Gasteiger partial charge in [0.05, 0.1) is 13.1 Å². The zero-order chi connectivity index (χ0) is 13.5. The quantitative estimate of drug-likeness (QED) is 0.684. The molecule has 0 unspecified atom stereocenters. The van der Waals surface area contributed by atoms with Crippen molar-refractivity contribution < 1.29 is 14.4 Å². The van der Waals surface area contributed by atoms with Crippen LogP contribution in [0, 0.1) is 5.92 Å². The molecule has 0 aliphatic carbocycles. The van der Waals surface area contributed by atoms with E-state index in [1.54, 1.807) is 0 Å². The molecule has 4 heteroatoms. The van der Waals surface area contributed by atoms with E-state index in [9.17, 15) is 9.90 Å². The first-order valence-electron chi connectivity index (χ1n) is 6.90. The molecule has 1 atom stereocenters. The summed E-state index contributed by atoms with van der Waals surface area (Å²) in [6, 6.07) is 7.56. The standard InChI is InChI=1S/C15H19BrNO2/c16-13-3-1-11(2-4-13)14(18)9-17-7-5-12(6-8-17)15(19)10-17/h1-4,12,15,19H,5-10H2/q+1/t12?,15-,17?/m1/s1. The number of aliphatic hydroxyl groups excluding tert-OH is 1. The van der Waals surface area contributed by atoms with E-state index in [1.807, 2.05) is 24.3 Å². The van der Waals surface area contributed by atoms with Crippen molar-refractivity contribution in [3.63, 3.8) is 0 Å². The van der Waals surface area contributed by atoms with Gasteiger partial charge < -0.3 is 9.59 Å². The van der Waals surface area contributed by atoms with Gasteiger partial charge in [0.25, 0.3) is 0 Å². The first kappa shape index (κ1) is 13.3. The van der Waals surface area contributed by atoms with Crippen LogP contribution in [0.5, 0.6) is 0 Å². The van der Waals surface area contributed by atoms with E-state index in [0.29, 0.717) is 12.5 Å². The molecule has 0 aromatic heterocycles. The van der Waals surface area contributed by atoms with E-state index in [0.717, 1.165) is 47.0 Å². The highest BCUT2D eigenvalue weighted by atomic mass is 79.9. The highest BCUT2D eigenvalue weighted by Gasteiger charge is 2.46. The van der Waals surface area contributed by atoms with E-state index in [-0.39, 0.29) is 11.9 Å². The maximum absolute atomic E-state index is 12.4. The lowest BCUT2D eigenvalue weighted by atomic mass is 9.83. The van der Waals surface area contributed by atoms with Crippen molar-refractivity contribution in [2.24, 2.45) is 5.92 Å². The van der Waals surface area contributed by atoms with Crippen LogP contribution in [0.25, 0.3) is 0 Å². The molecule has 4 rings (SSSR count). The number of hydrogen-bond donors (Lipinski definition) is 1. The number of benzene rings is 1. The summed E-state index contributed by atoms with van der Waals surface area (Å²) < 4.78 is 1.78. The largest absolute Gasteiger partial charge is 0.387 e. The molecule has 1 aromatic rings. The molecule has 2 bridgehead atoms. The Kier molecular flexibility index (Phi) is 3.50. The number of nitrogens with zero attached hydrogens (tertiary/aromatic N) is 1. The molecule has 3 fully saturated rings. The smallest absolute Gasteiger partial charge is 0.216 e. The fraction of sp³-hybridized carbons (Fsp3) is 0.533. The second-order valence-electron chi connectivity index (χ2n) is 5.96. The van der Waals surface area contributed by atoms with E-state index < -0.39 is 0 Å². The molecule has 19 heavy (non-hydrogen) atoms. The third-order valence-corrected chi connectivity index (χ3v) is 5.24. The highest BCUT2D eigenvalue weighted by molar-refractivity contribution is 9.10. The minimum atomic E-state index is -0.208. The number of fused-ring (bicyclic) bond motifs is 3. The normalized spacial score (nSPS) is 33.4. The summed E-state index contributed by atoms with van der Waals surface area (Å²) in [6.45, 7) is 3.38. The lowest BCUT2D eigenvalue weighted by molar-refractivity contribution is -0.938. The summed E-state index contributed by atoms with van der Waals surface area (Å²) in [7, 11) is 0. The van der Waals surface area contributed by atoms with Gasteiger partial charge in [-0.3, -0.25) is 4.79 Å². The fourth-order valence-corrected chi connectivity index (χ4v) is 3.77. The molecule has 3 nitrogen and oxygen atoms in total. The van der Waals surface area contributed by atoms with Gasteiger partial charge in [-0.1, -0.05) is 28.1 Å². The van der Waals surface area contributed by atoms with Gasteiger partial charge in [0.1, 0.15) is 19.2 Å². The first-order valence-corrected chi connectivity index (χ1v) is 7.69. The second kappa shape index (κ2) is 5.00. The third-order valence-electron chi connectivity index (χ3n) is 4.71. The van der Waals surface area contributed by atoms with Crippen molar-refractivity contribution in [1.29, 1.82) is 0 Å². The lowest BCUT2D eigenvalue weighted by Gasteiger charge is -2.50. The van der Waals surface area contributed by atoms with E-state index in [2.05, 4.69) is 15.9 Å². The molecule has 1 aromatic carbocycles. The van der Waals surface area contributed by atoms with Crippen LogP contribution in [0.15, 0.2) is 28.7 Å². The Morgan fingerprint density at radius 1 is 1.26 bits per heavy atom. The molecular formula is C15H19BrNO2+. The molecule has 0 saturated carbocycles. The molecule has 0 amide bonds.